The lowest BCUT2D eigenvalue weighted by Crippen LogP contribution is -2.17. The summed E-state index contributed by atoms with van der Waals surface area (Å²) in [5, 5.41) is 3.00. The van der Waals surface area contributed by atoms with E-state index in [9.17, 15) is 13.2 Å². The molecule has 1 aliphatic carbocycles. The molecule has 0 aromatic carbocycles. The van der Waals surface area contributed by atoms with Crippen molar-refractivity contribution in [3.05, 3.63) is 17.7 Å². The van der Waals surface area contributed by atoms with E-state index in [0.717, 1.165) is 37.8 Å². The molecule has 0 atom stereocenters. The fourth-order valence-corrected chi connectivity index (χ4v) is 2.07. The number of nitrogens with zero attached hydrogens (tertiary/aromatic N) is 1. The van der Waals surface area contributed by atoms with Crippen molar-refractivity contribution < 1.29 is 13.2 Å². The molecule has 94 valence electrons. The second kappa shape index (κ2) is 4.43. The number of nitrogen functional groups attached to an aromatic ring is 1. The third kappa shape index (κ3) is 3.01. The van der Waals surface area contributed by atoms with Crippen LogP contribution in [0.3, 0.4) is 0 Å². The van der Waals surface area contributed by atoms with Gasteiger partial charge >= 0.3 is 6.18 Å². The third-order valence-corrected chi connectivity index (χ3v) is 2.88. The molecule has 1 saturated carbocycles. The molecular weight excluding hydrogens is 231 g/mol. The maximum absolute atomic E-state index is 12.6. The predicted molar refractivity (Wildman–Crippen MR) is 59.5 cm³/mol. The van der Waals surface area contributed by atoms with Crippen LogP contribution >= 0.6 is 0 Å². The van der Waals surface area contributed by atoms with Crippen molar-refractivity contribution >= 4 is 11.6 Å². The summed E-state index contributed by atoms with van der Waals surface area (Å²) < 4.78 is 37.7. The zero-order valence-corrected chi connectivity index (χ0v) is 9.22. The molecule has 0 radical (unpaired) electrons. The van der Waals surface area contributed by atoms with Crippen molar-refractivity contribution in [1.82, 2.24) is 4.98 Å². The highest BCUT2D eigenvalue weighted by molar-refractivity contribution is 5.48. The summed E-state index contributed by atoms with van der Waals surface area (Å²) in [6, 6.07) is 2.07. The number of nitrogens with two attached hydrogens (primary N) is 1. The van der Waals surface area contributed by atoms with Crippen molar-refractivity contribution in [3.8, 4) is 0 Å². The normalized spacial score (nSPS) is 17.4. The number of nitrogens with one attached hydrogen (secondary N) is 1. The van der Waals surface area contributed by atoms with E-state index in [1.807, 2.05) is 0 Å². The molecule has 6 heteroatoms. The zero-order valence-electron chi connectivity index (χ0n) is 9.22. The molecule has 1 aliphatic rings. The first kappa shape index (κ1) is 12.0. The van der Waals surface area contributed by atoms with Crippen molar-refractivity contribution in [3.63, 3.8) is 0 Å². The molecule has 3 N–H and O–H groups in total. The van der Waals surface area contributed by atoms with Crippen LogP contribution < -0.4 is 11.1 Å². The van der Waals surface area contributed by atoms with Crippen molar-refractivity contribution in [2.24, 2.45) is 0 Å². The summed E-state index contributed by atoms with van der Waals surface area (Å²) in [6.45, 7) is 0. The molecule has 0 saturated heterocycles. The molecule has 2 rings (SSSR count). The van der Waals surface area contributed by atoms with Gasteiger partial charge in [-0.3, -0.25) is 0 Å². The van der Waals surface area contributed by atoms with Crippen LogP contribution in [-0.4, -0.2) is 11.0 Å². The Morgan fingerprint density at radius 3 is 2.47 bits per heavy atom. The third-order valence-electron chi connectivity index (χ3n) is 2.88. The van der Waals surface area contributed by atoms with Gasteiger partial charge in [-0.1, -0.05) is 12.8 Å². The van der Waals surface area contributed by atoms with E-state index in [2.05, 4.69) is 10.3 Å². The van der Waals surface area contributed by atoms with Gasteiger partial charge in [0.1, 0.15) is 11.6 Å². The maximum atomic E-state index is 12.6. The molecule has 1 aromatic rings. The lowest BCUT2D eigenvalue weighted by Gasteiger charge is -2.15. The van der Waals surface area contributed by atoms with Crippen LogP contribution in [0.5, 0.6) is 0 Å². The first-order chi connectivity index (χ1) is 7.95. The molecule has 1 heterocycles. The Kier molecular flexibility index (Phi) is 3.13. The van der Waals surface area contributed by atoms with E-state index >= 15 is 0 Å². The van der Waals surface area contributed by atoms with E-state index in [4.69, 9.17) is 5.73 Å². The second-order valence-corrected chi connectivity index (χ2v) is 4.29. The summed E-state index contributed by atoms with van der Waals surface area (Å²) in [5.74, 6) is 0.101. The Bertz CT molecular complexity index is 397. The lowest BCUT2D eigenvalue weighted by molar-refractivity contribution is -0.137. The van der Waals surface area contributed by atoms with E-state index in [1.165, 1.54) is 0 Å². The molecular formula is C11H14F3N3. The number of hydrogen-bond donors (Lipinski definition) is 2. The van der Waals surface area contributed by atoms with Crippen LogP contribution in [0.1, 0.15) is 31.2 Å². The first-order valence-electron chi connectivity index (χ1n) is 5.56. The number of pyridine rings is 1. The molecule has 0 unspecified atom stereocenters. The first-order valence-corrected chi connectivity index (χ1v) is 5.56. The van der Waals surface area contributed by atoms with Crippen molar-refractivity contribution in [2.75, 3.05) is 11.1 Å². The lowest BCUT2D eigenvalue weighted by atomic mass is 10.2. The number of rotatable bonds is 2. The highest BCUT2D eigenvalue weighted by Crippen LogP contribution is 2.32. The van der Waals surface area contributed by atoms with Crippen LogP contribution in [0.25, 0.3) is 0 Å². The molecule has 0 aliphatic heterocycles. The fraction of sp³-hybridized carbons (Fsp3) is 0.545. The zero-order chi connectivity index (χ0) is 12.5. The molecule has 1 aromatic heterocycles. The van der Waals surface area contributed by atoms with Crippen molar-refractivity contribution in [2.45, 2.75) is 37.9 Å². The number of hydrogen-bond acceptors (Lipinski definition) is 3. The van der Waals surface area contributed by atoms with Gasteiger partial charge < -0.3 is 11.1 Å². The van der Waals surface area contributed by atoms with E-state index in [1.54, 1.807) is 0 Å². The van der Waals surface area contributed by atoms with Gasteiger partial charge in [0.05, 0.1) is 5.56 Å². The Hall–Kier alpha value is -1.46. The van der Waals surface area contributed by atoms with Crippen LogP contribution in [0.4, 0.5) is 24.8 Å². The largest absolute Gasteiger partial charge is 0.416 e. The molecule has 17 heavy (non-hydrogen) atoms. The van der Waals surface area contributed by atoms with Crippen LogP contribution in [-0.2, 0) is 6.18 Å². The summed E-state index contributed by atoms with van der Waals surface area (Å²) in [7, 11) is 0. The van der Waals surface area contributed by atoms with E-state index < -0.39 is 11.7 Å². The van der Waals surface area contributed by atoms with Gasteiger partial charge in [-0.05, 0) is 25.0 Å². The highest BCUT2D eigenvalue weighted by atomic mass is 19.4. The van der Waals surface area contributed by atoms with Crippen LogP contribution in [0.15, 0.2) is 12.1 Å². The summed E-state index contributed by atoms with van der Waals surface area (Å²) >= 11 is 0. The monoisotopic (exact) mass is 245 g/mol. The number of halogens is 3. The van der Waals surface area contributed by atoms with Crippen LogP contribution in [0, 0.1) is 0 Å². The molecule has 3 nitrogen and oxygen atoms in total. The van der Waals surface area contributed by atoms with Gasteiger partial charge in [0.25, 0.3) is 0 Å². The molecule has 0 amide bonds. The number of aromatic nitrogens is 1. The Morgan fingerprint density at radius 1 is 1.24 bits per heavy atom. The minimum atomic E-state index is -4.39. The molecule has 0 bridgehead atoms. The fourth-order valence-electron chi connectivity index (χ4n) is 2.07. The minimum Gasteiger partial charge on any atom is -0.384 e. The second-order valence-electron chi connectivity index (χ2n) is 4.29. The number of alkyl halides is 3. The quantitative estimate of drug-likeness (QED) is 0.842. The van der Waals surface area contributed by atoms with Gasteiger partial charge in [0, 0.05) is 6.04 Å². The van der Waals surface area contributed by atoms with Crippen LogP contribution in [0.2, 0.25) is 0 Å². The average Bonchev–Trinajstić information content (AvgIpc) is 2.68. The summed E-state index contributed by atoms with van der Waals surface area (Å²) in [5.41, 5.74) is 4.62. The smallest absolute Gasteiger partial charge is 0.384 e. The van der Waals surface area contributed by atoms with Gasteiger partial charge in [-0.25, -0.2) is 4.98 Å². The van der Waals surface area contributed by atoms with Gasteiger partial charge in [-0.15, -0.1) is 0 Å². The van der Waals surface area contributed by atoms with E-state index in [0.29, 0.717) is 0 Å². The Morgan fingerprint density at radius 2 is 1.88 bits per heavy atom. The standard InChI is InChI=1S/C11H14F3N3/c12-11(13,14)7-5-9(15)17-10(6-7)16-8-3-1-2-4-8/h5-6,8H,1-4H2,(H3,15,16,17). The topological polar surface area (TPSA) is 50.9 Å². The Labute approximate surface area is 97.2 Å². The Balaban J connectivity index is 2.19. The molecule has 0 spiro atoms. The van der Waals surface area contributed by atoms with Gasteiger partial charge in [0.15, 0.2) is 0 Å². The minimum absolute atomic E-state index is 0.111. The number of anilines is 2. The summed E-state index contributed by atoms with van der Waals surface area (Å²) in [4.78, 5) is 3.88. The van der Waals surface area contributed by atoms with Gasteiger partial charge in [0.2, 0.25) is 0 Å². The van der Waals surface area contributed by atoms with E-state index in [-0.39, 0.29) is 17.7 Å². The van der Waals surface area contributed by atoms with Crippen molar-refractivity contribution in [1.29, 1.82) is 0 Å². The van der Waals surface area contributed by atoms with Gasteiger partial charge in [-0.2, -0.15) is 13.2 Å². The maximum Gasteiger partial charge on any atom is 0.416 e. The SMILES string of the molecule is Nc1cc(C(F)(F)F)cc(NC2CCCC2)n1. The molecule has 1 fully saturated rings. The average molecular weight is 245 g/mol. The highest BCUT2D eigenvalue weighted by Gasteiger charge is 2.31. The summed E-state index contributed by atoms with van der Waals surface area (Å²) in [6.07, 6.45) is -0.239. The predicted octanol–water partition coefficient (Wildman–Crippen LogP) is 3.04.